The van der Waals surface area contributed by atoms with Crippen molar-refractivity contribution in [3.05, 3.63) is 17.0 Å². The van der Waals surface area contributed by atoms with Crippen molar-refractivity contribution in [3.63, 3.8) is 0 Å². The van der Waals surface area contributed by atoms with E-state index in [1.54, 1.807) is 23.6 Å². The fourth-order valence-electron chi connectivity index (χ4n) is 2.73. The molecule has 104 valence electrons. The first kappa shape index (κ1) is 13.8. The Morgan fingerprint density at radius 3 is 2.53 bits per heavy atom. The molecule has 19 heavy (non-hydrogen) atoms. The molecule has 1 atom stereocenters. The second-order valence-corrected chi connectivity index (χ2v) is 5.50. The molecule has 1 aliphatic rings. The van der Waals surface area contributed by atoms with Gasteiger partial charge in [-0.2, -0.15) is 5.10 Å². The van der Waals surface area contributed by atoms with Crippen LogP contribution in [0.3, 0.4) is 0 Å². The van der Waals surface area contributed by atoms with Crippen LogP contribution in [0, 0.1) is 19.8 Å². The van der Waals surface area contributed by atoms with Gasteiger partial charge in [-0.3, -0.25) is 14.3 Å². The molecule has 2 rings (SSSR count). The van der Waals surface area contributed by atoms with E-state index in [-0.39, 0.29) is 5.91 Å². The number of ketones is 1. The Bertz CT molecular complexity index is 519. The first-order chi connectivity index (χ1) is 8.91. The van der Waals surface area contributed by atoms with Gasteiger partial charge in [0.15, 0.2) is 0 Å². The van der Waals surface area contributed by atoms with Crippen LogP contribution in [0.1, 0.15) is 41.5 Å². The number of amides is 1. The van der Waals surface area contributed by atoms with Crippen molar-refractivity contribution in [2.75, 3.05) is 13.1 Å². The fourth-order valence-corrected chi connectivity index (χ4v) is 2.73. The minimum atomic E-state index is -0.419. The van der Waals surface area contributed by atoms with Gasteiger partial charge in [0.25, 0.3) is 11.7 Å². The van der Waals surface area contributed by atoms with Gasteiger partial charge >= 0.3 is 0 Å². The minimum Gasteiger partial charge on any atom is -0.336 e. The number of likely N-dealkylation sites (tertiary alicyclic amines) is 1. The Labute approximate surface area is 113 Å². The Hall–Kier alpha value is -1.65. The third-order valence-corrected chi connectivity index (χ3v) is 3.87. The standard InChI is InChI=1S/C14H21N3O2/c1-9-6-5-7-17(8-9)14(19)13(18)12-10(2)15-16(4)11(12)3/h9H,5-8H2,1-4H3. The minimum absolute atomic E-state index is 0.384. The number of carbonyl (C=O) groups excluding carboxylic acids is 2. The summed E-state index contributed by atoms with van der Waals surface area (Å²) in [6.07, 6.45) is 2.11. The maximum Gasteiger partial charge on any atom is 0.295 e. The first-order valence-corrected chi connectivity index (χ1v) is 6.75. The number of nitrogens with zero attached hydrogens (tertiary/aromatic N) is 3. The normalized spacial score (nSPS) is 19.6. The van der Waals surface area contributed by atoms with Crippen molar-refractivity contribution in [1.29, 1.82) is 0 Å². The highest BCUT2D eigenvalue weighted by Crippen LogP contribution is 2.19. The summed E-state index contributed by atoms with van der Waals surface area (Å²) in [5, 5.41) is 4.20. The second-order valence-electron chi connectivity index (χ2n) is 5.50. The van der Waals surface area contributed by atoms with E-state index in [2.05, 4.69) is 12.0 Å². The molecule has 1 aromatic heterocycles. The van der Waals surface area contributed by atoms with E-state index in [0.29, 0.717) is 30.3 Å². The summed E-state index contributed by atoms with van der Waals surface area (Å²) in [6.45, 7) is 7.08. The number of piperidine rings is 1. The number of carbonyl (C=O) groups is 2. The van der Waals surface area contributed by atoms with Gasteiger partial charge in [-0.05, 0) is 32.6 Å². The van der Waals surface area contributed by atoms with E-state index in [0.717, 1.165) is 18.5 Å². The molecule has 0 aromatic carbocycles. The molecule has 1 saturated heterocycles. The zero-order chi connectivity index (χ0) is 14.2. The van der Waals surface area contributed by atoms with E-state index in [4.69, 9.17) is 0 Å². The zero-order valence-electron chi connectivity index (χ0n) is 12.1. The summed E-state index contributed by atoms with van der Waals surface area (Å²) >= 11 is 0. The van der Waals surface area contributed by atoms with Crippen LogP contribution in [-0.4, -0.2) is 39.5 Å². The smallest absolute Gasteiger partial charge is 0.295 e. The van der Waals surface area contributed by atoms with Crippen LogP contribution in [0.4, 0.5) is 0 Å². The van der Waals surface area contributed by atoms with Gasteiger partial charge < -0.3 is 4.90 Å². The molecule has 1 amide bonds. The molecule has 0 saturated carbocycles. The number of aryl methyl sites for hydroxylation is 2. The van der Waals surface area contributed by atoms with Crippen LogP contribution in [0.5, 0.6) is 0 Å². The van der Waals surface area contributed by atoms with Crippen LogP contribution in [0.15, 0.2) is 0 Å². The van der Waals surface area contributed by atoms with Gasteiger partial charge in [-0.15, -0.1) is 0 Å². The van der Waals surface area contributed by atoms with Crippen LogP contribution in [-0.2, 0) is 11.8 Å². The van der Waals surface area contributed by atoms with Crippen LogP contribution >= 0.6 is 0 Å². The molecule has 1 aromatic rings. The molecule has 1 fully saturated rings. The highest BCUT2D eigenvalue weighted by Gasteiger charge is 2.30. The molecule has 0 spiro atoms. The number of hydrogen-bond acceptors (Lipinski definition) is 3. The lowest BCUT2D eigenvalue weighted by Gasteiger charge is -2.30. The van der Waals surface area contributed by atoms with Crippen molar-refractivity contribution in [1.82, 2.24) is 14.7 Å². The Morgan fingerprint density at radius 2 is 2.00 bits per heavy atom. The highest BCUT2D eigenvalue weighted by atomic mass is 16.2. The lowest BCUT2D eigenvalue weighted by Crippen LogP contribution is -2.43. The number of Topliss-reactive ketones (excluding diaryl/α,β-unsaturated/α-hetero) is 1. The predicted molar refractivity (Wildman–Crippen MR) is 72.0 cm³/mol. The molecule has 1 aliphatic heterocycles. The molecular weight excluding hydrogens is 242 g/mol. The predicted octanol–water partition coefficient (Wildman–Crippen LogP) is 1.48. The lowest BCUT2D eigenvalue weighted by molar-refractivity contribution is -0.128. The zero-order valence-corrected chi connectivity index (χ0v) is 12.1. The third kappa shape index (κ3) is 2.55. The number of hydrogen-bond donors (Lipinski definition) is 0. The molecule has 5 nitrogen and oxygen atoms in total. The maximum atomic E-state index is 12.4. The summed E-state index contributed by atoms with van der Waals surface area (Å²) in [7, 11) is 1.78. The summed E-state index contributed by atoms with van der Waals surface area (Å²) in [4.78, 5) is 26.3. The quantitative estimate of drug-likeness (QED) is 0.600. The maximum absolute atomic E-state index is 12.4. The van der Waals surface area contributed by atoms with Crippen molar-refractivity contribution in [2.24, 2.45) is 13.0 Å². The summed E-state index contributed by atoms with van der Waals surface area (Å²) in [5.74, 6) is -0.329. The van der Waals surface area contributed by atoms with Gasteiger partial charge in [0.2, 0.25) is 0 Å². The van der Waals surface area contributed by atoms with Gasteiger partial charge in [0.05, 0.1) is 11.3 Å². The van der Waals surface area contributed by atoms with E-state index in [1.807, 2.05) is 6.92 Å². The number of rotatable bonds is 2. The molecule has 0 N–H and O–H groups in total. The van der Waals surface area contributed by atoms with Crippen molar-refractivity contribution in [3.8, 4) is 0 Å². The molecule has 2 heterocycles. The van der Waals surface area contributed by atoms with E-state index in [9.17, 15) is 9.59 Å². The second kappa shape index (κ2) is 5.15. The van der Waals surface area contributed by atoms with Gasteiger partial charge in [0.1, 0.15) is 0 Å². The topological polar surface area (TPSA) is 55.2 Å². The van der Waals surface area contributed by atoms with E-state index < -0.39 is 5.78 Å². The molecule has 0 bridgehead atoms. The molecule has 0 radical (unpaired) electrons. The largest absolute Gasteiger partial charge is 0.336 e. The molecule has 0 aliphatic carbocycles. The first-order valence-electron chi connectivity index (χ1n) is 6.75. The monoisotopic (exact) mass is 263 g/mol. The van der Waals surface area contributed by atoms with Gasteiger partial charge in [-0.25, -0.2) is 0 Å². The molecular formula is C14H21N3O2. The lowest BCUT2D eigenvalue weighted by atomic mass is 9.99. The Balaban J connectivity index is 2.21. The number of aromatic nitrogens is 2. The van der Waals surface area contributed by atoms with E-state index >= 15 is 0 Å². The Kier molecular flexibility index (Phi) is 3.73. The van der Waals surface area contributed by atoms with Crippen LogP contribution < -0.4 is 0 Å². The van der Waals surface area contributed by atoms with Crippen molar-refractivity contribution >= 4 is 11.7 Å². The highest BCUT2D eigenvalue weighted by molar-refractivity contribution is 6.43. The van der Waals surface area contributed by atoms with Gasteiger partial charge in [-0.1, -0.05) is 6.92 Å². The summed E-state index contributed by atoms with van der Waals surface area (Å²) < 4.78 is 1.65. The molecule has 5 heteroatoms. The molecule has 1 unspecified atom stereocenters. The summed E-state index contributed by atoms with van der Waals surface area (Å²) in [6, 6.07) is 0. The third-order valence-electron chi connectivity index (χ3n) is 3.87. The van der Waals surface area contributed by atoms with Crippen LogP contribution in [0.25, 0.3) is 0 Å². The van der Waals surface area contributed by atoms with Crippen LogP contribution in [0.2, 0.25) is 0 Å². The fraction of sp³-hybridized carbons (Fsp3) is 0.643. The summed E-state index contributed by atoms with van der Waals surface area (Å²) in [5.41, 5.74) is 1.84. The van der Waals surface area contributed by atoms with Crippen molar-refractivity contribution in [2.45, 2.75) is 33.6 Å². The average molecular weight is 263 g/mol. The SMILES string of the molecule is Cc1nn(C)c(C)c1C(=O)C(=O)N1CCCC(C)C1. The van der Waals surface area contributed by atoms with Crippen molar-refractivity contribution < 1.29 is 9.59 Å². The average Bonchev–Trinajstić information content (AvgIpc) is 2.61. The van der Waals surface area contributed by atoms with Gasteiger partial charge in [0, 0.05) is 25.8 Å². The Morgan fingerprint density at radius 1 is 1.32 bits per heavy atom. The van der Waals surface area contributed by atoms with E-state index in [1.165, 1.54) is 0 Å².